The van der Waals surface area contributed by atoms with Crippen LogP contribution in [-0.2, 0) is 44.3 Å². The topological polar surface area (TPSA) is 36.9 Å². The normalized spacial score (nSPS) is 15.3. The second-order valence-corrected chi connectivity index (χ2v) is 43.6. The average Bonchev–Trinajstić information content (AvgIpc) is 1.61. The molecule has 8 aromatic heterocycles. The molecule has 578 valence electrons. The minimum absolute atomic E-state index is 0.301. The fourth-order valence-corrected chi connectivity index (χ4v) is 24.9. The molecule has 4 nitrogen and oxygen atoms in total. The van der Waals surface area contributed by atoms with Crippen molar-refractivity contribution >= 4 is 165 Å². The first-order valence-corrected chi connectivity index (χ1v) is 50.0. The van der Waals surface area contributed by atoms with Gasteiger partial charge < -0.3 is 18.6 Å². The summed E-state index contributed by atoms with van der Waals surface area (Å²) >= 11 is 23.0. The van der Waals surface area contributed by atoms with Crippen molar-refractivity contribution in [2.75, 3.05) is 0 Å². The first-order valence-electron chi connectivity index (χ1n) is 41.7. The molecule has 104 heavy (non-hydrogen) atoms. The number of thiophene rings is 8. The molecule has 0 saturated carbocycles. The molecule has 10 heterocycles. The smallest absolute Gasteiger partial charge is 0.399 e. The molecule has 16 heteroatoms. The molecule has 0 aliphatic carbocycles. The Kier molecular flexibility index (Phi) is 40.0. The lowest BCUT2D eigenvalue weighted by atomic mass is 9.86. The first-order chi connectivity index (χ1) is 50.3. The molecule has 0 bridgehead atoms. The predicted molar refractivity (Wildman–Crippen MR) is 483 cm³/mol. The van der Waals surface area contributed by atoms with Gasteiger partial charge in [-0.05, 0) is 220 Å². The van der Waals surface area contributed by atoms with Gasteiger partial charge >= 0.3 is 14.2 Å². The third-order valence-corrected chi connectivity index (χ3v) is 33.6. The number of hydrogen-bond acceptors (Lipinski definition) is 12. The van der Waals surface area contributed by atoms with Crippen LogP contribution in [0.2, 0.25) is 0 Å². The number of aryl methyl sites for hydroxylation is 4. The lowest BCUT2D eigenvalue weighted by Crippen LogP contribution is -2.41. The molecule has 8 aromatic rings. The van der Waals surface area contributed by atoms with Gasteiger partial charge in [-0.25, -0.2) is 0 Å². The highest BCUT2D eigenvalue weighted by molar-refractivity contribution is 9.11. The summed E-state index contributed by atoms with van der Waals surface area (Å²) in [5.74, 6) is 0. The van der Waals surface area contributed by atoms with E-state index in [4.69, 9.17) is 18.6 Å². The van der Waals surface area contributed by atoms with Crippen LogP contribution in [0.3, 0.4) is 0 Å². The van der Waals surface area contributed by atoms with Crippen LogP contribution in [0.1, 0.15) is 362 Å². The van der Waals surface area contributed by atoms with E-state index in [1.165, 1.54) is 349 Å². The Balaban J connectivity index is 0.000000202. The van der Waals surface area contributed by atoms with Gasteiger partial charge in [0.25, 0.3) is 0 Å². The Morgan fingerprint density at radius 2 is 0.538 bits per heavy atom. The van der Waals surface area contributed by atoms with Gasteiger partial charge in [-0.2, -0.15) is 0 Å². The minimum Gasteiger partial charge on any atom is -0.399 e. The molecule has 2 aliphatic heterocycles. The van der Waals surface area contributed by atoms with Gasteiger partial charge in [0.05, 0.1) is 38.0 Å². The lowest BCUT2D eigenvalue weighted by Gasteiger charge is -2.32. The molecule has 0 atom stereocenters. The quantitative estimate of drug-likeness (QED) is 0.0281. The van der Waals surface area contributed by atoms with Gasteiger partial charge in [0, 0.05) is 49.6 Å². The van der Waals surface area contributed by atoms with Crippen LogP contribution in [0.4, 0.5) is 0 Å². The minimum atomic E-state index is -0.317. The second kappa shape index (κ2) is 46.9. The maximum atomic E-state index is 6.18. The van der Waals surface area contributed by atoms with E-state index in [9.17, 15) is 0 Å². The maximum Gasteiger partial charge on any atom is 0.505 e. The molecule has 0 radical (unpaired) electrons. The third-order valence-electron chi connectivity index (χ3n) is 22.3. The zero-order chi connectivity index (χ0) is 74.2. The van der Waals surface area contributed by atoms with Crippen molar-refractivity contribution in [2.45, 2.75) is 388 Å². The molecular weight excluding hydrogens is 1560 g/mol. The van der Waals surface area contributed by atoms with Crippen molar-refractivity contribution in [3.05, 3.63) is 89.1 Å². The van der Waals surface area contributed by atoms with Crippen LogP contribution < -0.4 is 9.55 Å². The molecule has 0 spiro atoms. The second-order valence-electron chi connectivity index (χ2n) is 32.3. The summed E-state index contributed by atoms with van der Waals surface area (Å²) in [6.07, 6.45) is 61.2. The van der Waals surface area contributed by atoms with Crippen molar-refractivity contribution in [1.82, 2.24) is 0 Å². The van der Waals surface area contributed by atoms with Crippen molar-refractivity contribution in [3.8, 4) is 29.3 Å². The van der Waals surface area contributed by atoms with Gasteiger partial charge in [-0.1, -0.05) is 259 Å². The molecule has 0 unspecified atom stereocenters. The molecule has 2 saturated heterocycles. The standard InChI is InChI=1S/C38H56S4.C32H52Br2S2.C18H26B2O4S2/c1-3-5-7-9-11-13-15-17-19-21-23-31-25-27-39-36(31)34-29-33-30-35(42-38(33)41-34)37-32(26-28-40-37)24-22-20-18-16-14-12-10-8-6-4-2;1-3-5-7-9-11-13-15-17-19-21-23-27-25-29(35-31(27)33)30-26-28(32(34)36-30)24-22-20-18-16-14-12-10-8-6-4-2;1-15(2)16(3,4)22-19(21-15)12-9-11-10-13(26-14(11)25-12)20-23-17(5,6)18(7,8)24-20/h25-30H,3-24H2,1-2H3;25-26H,3-24H2,1-2H3;9-10H,1-8H3. The van der Waals surface area contributed by atoms with Gasteiger partial charge in [0.2, 0.25) is 0 Å². The molecule has 2 fully saturated rings. The highest BCUT2D eigenvalue weighted by atomic mass is 79.9. The summed E-state index contributed by atoms with van der Waals surface area (Å²) in [5, 5.41) is 7.28. The van der Waals surface area contributed by atoms with E-state index in [-0.39, 0.29) is 36.6 Å². The summed E-state index contributed by atoms with van der Waals surface area (Å²) in [4.78, 5) is 8.89. The van der Waals surface area contributed by atoms with Crippen molar-refractivity contribution in [2.24, 2.45) is 0 Å². The number of halogens is 2. The van der Waals surface area contributed by atoms with E-state index in [0.717, 1.165) is 9.55 Å². The van der Waals surface area contributed by atoms with E-state index in [2.05, 4.69) is 174 Å². The molecule has 0 aromatic carbocycles. The van der Waals surface area contributed by atoms with Crippen LogP contribution in [0.5, 0.6) is 0 Å². The van der Waals surface area contributed by atoms with Gasteiger partial charge in [0.15, 0.2) is 0 Å². The number of fused-ring (bicyclic) bond motifs is 2. The Morgan fingerprint density at radius 3 is 0.808 bits per heavy atom. The van der Waals surface area contributed by atoms with Crippen molar-refractivity contribution in [1.29, 1.82) is 0 Å². The summed E-state index contributed by atoms with van der Waals surface area (Å²) in [6, 6.07) is 19.0. The van der Waals surface area contributed by atoms with Crippen LogP contribution >= 0.6 is 123 Å². The number of hydrogen-bond donors (Lipinski definition) is 0. The fourth-order valence-electron chi connectivity index (χ4n) is 14.2. The predicted octanol–water partition coefficient (Wildman–Crippen LogP) is 32.8. The Bertz CT molecular complexity index is 3310. The summed E-state index contributed by atoms with van der Waals surface area (Å²) in [6.45, 7) is 25.9. The highest BCUT2D eigenvalue weighted by Gasteiger charge is 2.54. The Hall–Kier alpha value is -0.950. The third kappa shape index (κ3) is 28.3. The van der Waals surface area contributed by atoms with Gasteiger partial charge in [0.1, 0.15) is 0 Å². The monoisotopic (exact) mass is 1690 g/mol. The molecule has 0 amide bonds. The summed E-state index contributed by atoms with van der Waals surface area (Å²) in [5.41, 5.74) is 4.90. The van der Waals surface area contributed by atoms with Crippen molar-refractivity contribution in [3.63, 3.8) is 0 Å². The molecule has 0 N–H and O–H groups in total. The highest BCUT2D eigenvalue weighted by Crippen LogP contribution is 2.48. The van der Waals surface area contributed by atoms with Gasteiger partial charge in [-0.3, -0.25) is 0 Å². The van der Waals surface area contributed by atoms with E-state index < -0.39 is 0 Å². The average molecular weight is 1690 g/mol. The molecule has 10 rings (SSSR count). The van der Waals surface area contributed by atoms with Gasteiger partial charge in [-0.15, -0.1) is 90.7 Å². The zero-order valence-corrected chi connectivity index (χ0v) is 76.4. The fraction of sp³-hybridized carbons (Fsp3) is 0.682. The Morgan fingerprint density at radius 1 is 0.288 bits per heavy atom. The van der Waals surface area contributed by atoms with E-state index in [1.54, 1.807) is 33.8 Å². The summed E-state index contributed by atoms with van der Waals surface area (Å²) in [7, 11) is -0.602. The Labute approximate surface area is 683 Å². The van der Waals surface area contributed by atoms with E-state index >= 15 is 0 Å². The summed E-state index contributed by atoms with van der Waals surface area (Å²) < 4.78 is 32.4. The maximum absolute atomic E-state index is 6.18. The van der Waals surface area contributed by atoms with Crippen LogP contribution in [0.25, 0.3) is 48.1 Å². The molecular formula is C88H134B2Br2O4S8. The molecule has 2 aliphatic rings. The van der Waals surface area contributed by atoms with Crippen LogP contribution in [0, 0.1) is 0 Å². The van der Waals surface area contributed by atoms with Crippen molar-refractivity contribution < 1.29 is 18.6 Å². The number of unbranched alkanes of at least 4 members (excludes halogenated alkanes) is 36. The SMILES string of the molecule is CC1(C)OB(c2cc3cc(B4OC(C)(C)C(C)(C)O4)sc3s2)OC1(C)C.CCCCCCCCCCCCc1cc(-c2cc(CCCCCCCCCCCC)c(Br)s2)sc1Br.CCCCCCCCCCCCc1ccsc1-c1cc2cc(-c3sccc3CCCCCCCCCCCC)sc2s1. The zero-order valence-electron chi connectivity index (χ0n) is 66.7. The van der Waals surface area contributed by atoms with Crippen LogP contribution in [-0.4, -0.2) is 36.6 Å². The lowest BCUT2D eigenvalue weighted by molar-refractivity contribution is 0.00578. The largest absolute Gasteiger partial charge is 0.505 e. The van der Waals surface area contributed by atoms with E-state index in [0.29, 0.717) is 0 Å². The van der Waals surface area contributed by atoms with Crippen LogP contribution in [0.15, 0.2) is 66.9 Å². The first kappa shape index (κ1) is 88.6. The number of rotatable bonds is 49. The van der Waals surface area contributed by atoms with E-state index in [1.807, 2.05) is 68.0 Å².